The lowest BCUT2D eigenvalue weighted by Gasteiger charge is -2.07. The van der Waals surface area contributed by atoms with Crippen molar-refractivity contribution in [3.05, 3.63) is 77.6 Å². The van der Waals surface area contributed by atoms with Crippen LogP contribution >= 0.6 is 0 Å². The summed E-state index contributed by atoms with van der Waals surface area (Å²) in [5, 5.41) is 11.1. The first kappa shape index (κ1) is 14.7. The summed E-state index contributed by atoms with van der Waals surface area (Å²) in [6.07, 6.45) is 1.61. The molecule has 2 aromatic carbocycles. The Labute approximate surface area is 133 Å². The van der Waals surface area contributed by atoms with Crippen molar-refractivity contribution in [1.82, 2.24) is 4.98 Å². The lowest BCUT2D eigenvalue weighted by atomic mass is 10.1. The zero-order valence-electron chi connectivity index (χ0n) is 12.3. The Morgan fingerprint density at radius 3 is 2.57 bits per heavy atom. The molecule has 1 heterocycles. The van der Waals surface area contributed by atoms with Crippen molar-refractivity contribution >= 4 is 22.6 Å². The van der Waals surface area contributed by atoms with Crippen LogP contribution in [0.1, 0.15) is 11.1 Å². The molecule has 0 spiro atoms. The minimum atomic E-state index is -0.753. The van der Waals surface area contributed by atoms with Gasteiger partial charge in [-0.05, 0) is 11.6 Å². The molecule has 0 unspecified atom stereocenters. The van der Waals surface area contributed by atoms with Crippen molar-refractivity contribution in [2.45, 2.75) is 6.61 Å². The Hall–Kier alpha value is -3.21. The number of fused-ring (bicyclic) bond motifs is 1. The number of nitrogens with two attached hydrogens (primary N) is 1. The van der Waals surface area contributed by atoms with Gasteiger partial charge in [-0.25, -0.2) is 4.79 Å². The number of aromatic amines is 1. The van der Waals surface area contributed by atoms with Gasteiger partial charge in [0, 0.05) is 22.7 Å². The SMILES string of the molecule is N/C(C(=O)OCc1ccccc1)=C(\O)c1c[nH]c2ccccc12. The van der Waals surface area contributed by atoms with Crippen LogP contribution in [0.15, 0.2) is 66.5 Å². The van der Waals surface area contributed by atoms with Crippen LogP contribution in [0, 0.1) is 0 Å². The normalized spacial score (nSPS) is 12.0. The second-order valence-corrected chi connectivity index (χ2v) is 5.07. The van der Waals surface area contributed by atoms with Crippen LogP contribution in [-0.4, -0.2) is 16.1 Å². The van der Waals surface area contributed by atoms with Gasteiger partial charge in [0.15, 0.2) is 11.5 Å². The standard InChI is InChI=1S/C18H16N2O3/c19-16(18(22)23-11-12-6-2-1-3-7-12)17(21)14-10-20-15-9-5-4-8-13(14)15/h1-10,20-21H,11,19H2/b17-16-. The number of rotatable bonds is 4. The van der Waals surface area contributed by atoms with Crippen LogP contribution in [0.25, 0.3) is 16.7 Å². The minimum absolute atomic E-state index is 0.0987. The number of esters is 1. The van der Waals surface area contributed by atoms with Crippen LogP contribution in [0.5, 0.6) is 0 Å². The van der Waals surface area contributed by atoms with Crippen molar-refractivity contribution in [2.75, 3.05) is 0 Å². The number of aliphatic hydroxyl groups is 1. The molecule has 0 aliphatic heterocycles. The van der Waals surface area contributed by atoms with Crippen molar-refractivity contribution in [1.29, 1.82) is 0 Å². The van der Waals surface area contributed by atoms with Crippen LogP contribution in [0.3, 0.4) is 0 Å². The summed E-state index contributed by atoms with van der Waals surface area (Å²) in [4.78, 5) is 15.0. The maximum Gasteiger partial charge on any atom is 0.358 e. The van der Waals surface area contributed by atoms with Crippen LogP contribution in [0.4, 0.5) is 0 Å². The van der Waals surface area contributed by atoms with Gasteiger partial charge in [0.2, 0.25) is 0 Å². The Bertz CT molecular complexity index is 866. The van der Waals surface area contributed by atoms with Gasteiger partial charge in [-0.15, -0.1) is 0 Å². The first-order valence-corrected chi connectivity index (χ1v) is 7.13. The Morgan fingerprint density at radius 1 is 1.09 bits per heavy atom. The molecule has 3 aromatic rings. The quantitative estimate of drug-likeness (QED) is 0.392. The van der Waals surface area contributed by atoms with E-state index in [9.17, 15) is 9.90 Å². The second-order valence-electron chi connectivity index (χ2n) is 5.07. The van der Waals surface area contributed by atoms with Crippen molar-refractivity contribution in [2.24, 2.45) is 5.73 Å². The van der Waals surface area contributed by atoms with E-state index < -0.39 is 5.97 Å². The maximum absolute atomic E-state index is 12.0. The van der Waals surface area contributed by atoms with Gasteiger partial charge in [0.05, 0.1) is 0 Å². The lowest BCUT2D eigenvalue weighted by Crippen LogP contribution is -2.17. The van der Waals surface area contributed by atoms with Crippen molar-refractivity contribution < 1.29 is 14.6 Å². The molecule has 0 fully saturated rings. The van der Waals surface area contributed by atoms with E-state index in [0.29, 0.717) is 5.56 Å². The molecule has 5 heteroatoms. The van der Waals surface area contributed by atoms with E-state index in [1.807, 2.05) is 54.6 Å². The van der Waals surface area contributed by atoms with E-state index >= 15 is 0 Å². The highest BCUT2D eigenvalue weighted by Gasteiger charge is 2.17. The molecule has 0 aliphatic rings. The molecule has 0 aliphatic carbocycles. The molecule has 0 saturated heterocycles. The smallest absolute Gasteiger partial charge is 0.358 e. The molecule has 1 aromatic heterocycles. The Balaban J connectivity index is 1.80. The summed E-state index contributed by atoms with van der Waals surface area (Å²) in [6, 6.07) is 16.7. The number of hydrogen-bond acceptors (Lipinski definition) is 4. The number of H-pyrrole nitrogens is 1. The van der Waals surface area contributed by atoms with Gasteiger partial charge in [-0.3, -0.25) is 0 Å². The van der Waals surface area contributed by atoms with Gasteiger partial charge in [-0.1, -0.05) is 48.5 Å². The summed E-state index contributed by atoms with van der Waals surface area (Å²) in [6.45, 7) is 0.0987. The first-order valence-electron chi connectivity index (χ1n) is 7.13. The van der Waals surface area contributed by atoms with Crippen LogP contribution < -0.4 is 5.73 Å². The van der Waals surface area contributed by atoms with Crippen LogP contribution in [0.2, 0.25) is 0 Å². The number of aliphatic hydroxyl groups excluding tert-OH is 1. The molecule has 0 radical (unpaired) electrons. The zero-order chi connectivity index (χ0) is 16.2. The molecule has 0 atom stereocenters. The number of nitrogens with one attached hydrogen (secondary N) is 1. The highest BCUT2D eigenvalue weighted by Crippen LogP contribution is 2.24. The molecule has 0 saturated carbocycles. The topological polar surface area (TPSA) is 88.3 Å². The molecule has 5 nitrogen and oxygen atoms in total. The minimum Gasteiger partial charge on any atom is -0.505 e. The van der Waals surface area contributed by atoms with Gasteiger partial charge >= 0.3 is 5.97 Å². The lowest BCUT2D eigenvalue weighted by molar-refractivity contribution is -0.140. The van der Waals surface area contributed by atoms with E-state index in [0.717, 1.165) is 16.5 Å². The zero-order valence-corrected chi connectivity index (χ0v) is 12.3. The van der Waals surface area contributed by atoms with Crippen molar-refractivity contribution in [3.8, 4) is 0 Å². The monoisotopic (exact) mass is 308 g/mol. The maximum atomic E-state index is 12.0. The summed E-state index contributed by atoms with van der Waals surface area (Å²) in [5.74, 6) is -1.04. The predicted octanol–water partition coefficient (Wildman–Crippen LogP) is 3.10. The van der Waals surface area contributed by atoms with Crippen LogP contribution in [-0.2, 0) is 16.1 Å². The summed E-state index contributed by atoms with van der Waals surface area (Å²) in [7, 11) is 0. The molecule has 23 heavy (non-hydrogen) atoms. The highest BCUT2D eigenvalue weighted by molar-refractivity contribution is 5.99. The fourth-order valence-corrected chi connectivity index (χ4v) is 2.31. The third-order valence-corrected chi connectivity index (χ3v) is 3.53. The number of aromatic nitrogens is 1. The van der Waals surface area contributed by atoms with E-state index in [1.165, 1.54) is 0 Å². The fourth-order valence-electron chi connectivity index (χ4n) is 2.31. The summed E-state index contributed by atoms with van der Waals surface area (Å²) in [5.41, 5.74) is 7.60. The number of carbonyl (C=O) groups excluding carboxylic acids is 1. The molecule has 0 amide bonds. The number of para-hydroxylation sites is 1. The van der Waals surface area contributed by atoms with Crippen molar-refractivity contribution in [3.63, 3.8) is 0 Å². The summed E-state index contributed by atoms with van der Waals surface area (Å²) >= 11 is 0. The molecular weight excluding hydrogens is 292 g/mol. The molecule has 4 N–H and O–H groups in total. The second kappa shape index (κ2) is 6.27. The number of hydrogen-bond donors (Lipinski definition) is 3. The van der Waals surface area contributed by atoms with E-state index in [-0.39, 0.29) is 18.1 Å². The molecule has 116 valence electrons. The Morgan fingerprint density at radius 2 is 1.78 bits per heavy atom. The van der Waals surface area contributed by atoms with Gasteiger partial charge in [0.25, 0.3) is 0 Å². The van der Waals surface area contributed by atoms with Gasteiger partial charge in [-0.2, -0.15) is 0 Å². The van der Waals surface area contributed by atoms with Gasteiger partial charge in [0.1, 0.15) is 6.61 Å². The number of benzene rings is 2. The van der Waals surface area contributed by atoms with E-state index in [4.69, 9.17) is 10.5 Å². The molecular formula is C18H16N2O3. The summed E-state index contributed by atoms with van der Waals surface area (Å²) < 4.78 is 5.13. The third-order valence-electron chi connectivity index (χ3n) is 3.53. The fraction of sp³-hybridized carbons (Fsp3) is 0.0556. The van der Waals surface area contributed by atoms with Gasteiger partial charge < -0.3 is 20.6 Å². The average molecular weight is 308 g/mol. The number of ether oxygens (including phenoxy) is 1. The predicted molar refractivity (Wildman–Crippen MR) is 88.3 cm³/mol. The Kier molecular flexibility index (Phi) is 4.01. The first-order chi connectivity index (χ1) is 11.2. The average Bonchev–Trinajstić information content (AvgIpc) is 3.03. The molecule has 3 rings (SSSR count). The largest absolute Gasteiger partial charge is 0.505 e. The van der Waals surface area contributed by atoms with E-state index in [1.54, 1.807) is 6.20 Å². The third kappa shape index (κ3) is 3.03. The number of carbonyl (C=O) groups is 1. The molecule has 0 bridgehead atoms. The highest BCUT2D eigenvalue weighted by atomic mass is 16.5. The van der Waals surface area contributed by atoms with E-state index in [2.05, 4.69) is 4.98 Å².